The van der Waals surface area contributed by atoms with E-state index in [-0.39, 0.29) is 17.4 Å². The van der Waals surface area contributed by atoms with Crippen LogP contribution in [0.3, 0.4) is 0 Å². The molecule has 1 aromatic carbocycles. The quantitative estimate of drug-likeness (QED) is 0.266. The molecule has 3 aromatic heterocycles. The molecule has 214 valence electrons. The number of aromatic nitrogens is 4. The van der Waals surface area contributed by atoms with Gasteiger partial charge in [0.2, 0.25) is 0 Å². The van der Waals surface area contributed by atoms with Gasteiger partial charge in [0.25, 0.3) is 5.91 Å². The predicted octanol–water partition coefficient (Wildman–Crippen LogP) is 4.94. The van der Waals surface area contributed by atoms with Gasteiger partial charge >= 0.3 is 0 Å². The minimum atomic E-state index is -0.630. The first-order valence-electron chi connectivity index (χ1n) is 14.1. The minimum absolute atomic E-state index is 0.0194. The lowest BCUT2D eigenvalue weighted by Crippen LogP contribution is -2.36. The second kappa shape index (κ2) is 12.6. The summed E-state index contributed by atoms with van der Waals surface area (Å²) in [4.78, 5) is 32.5. The van der Waals surface area contributed by atoms with Gasteiger partial charge in [-0.2, -0.15) is 0 Å². The minimum Gasteiger partial charge on any atom is -0.370 e. The Kier molecular flexibility index (Phi) is 8.68. The number of piperidine rings is 1. The fourth-order valence-electron chi connectivity index (χ4n) is 5.30. The third-order valence-corrected chi connectivity index (χ3v) is 8.08. The zero-order valence-electron chi connectivity index (χ0n) is 24.0. The number of para-hydroxylation sites is 1. The van der Waals surface area contributed by atoms with Gasteiger partial charge in [0.15, 0.2) is 5.82 Å². The monoisotopic (exact) mass is 556 g/mol. The van der Waals surface area contributed by atoms with Crippen LogP contribution in [-0.2, 0) is 0 Å². The van der Waals surface area contributed by atoms with E-state index in [1.54, 1.807) is 12.4 Å². The first kappa shape index (κ1) is 28.4. The van der Waals surface area contributed by atoms with Crippen molar-refractivity contribution in [3.63, 3.8) is 0 Å². The lowest BCUT2D eigenvalue weighted by molar-refractivity contribution is 0.0960. The largest absolute Gasteiger partial charge is 0.370 e. The van der Waals surface area contributed by atoms with Crippen LogP contribution in [-0.4, -0.2) is 70.5 Å². The van der Waals surface area contributed by atoms with Gasteiger partial charge in [-0.15, -0.1) is 0 Å². The van der Waals surface area contributed by atoms with Crippen LogP contribution >= 0.6 is 0 Å². The fourth-order valence-corrected chi connectivity index (χ4v) is 5.30. The Labute approximate surface area is 240 Å². The molecule has 0 aliphatic carbocycles. The maximum absolute atomic E-state index is 14.5. The maximum atomic E-state index is 14.5. The molecule has 5 rings (SSSR count). The molecule has 4 aromatic rings. The number of nitrogens with zero attached hydrogens (tertiary/aromatic N) is 5. The lowest BCUT2D eigenvalue weighted by Gasteiger charge is -2.29. The van der Waals surface area contributed by atoms with Gasteiger partial charge in [-0.05, 0) is 62.5 Å². The van der Waals surface area contributed by atoms with E-state index < -0.39 is 11.7 Å². The summed E-state index contributed by atoms with van der Waals surface area (Å²) in [5.41, 5.74) is 3.34. The van der Waals surface area contributed by atoms with E-state index in [4.69, 9.17) is 0 Å². The summed E-state index contributed by atoms with van der Waals surface area (Å²) in [6, 6.07) is 12.0. The van der Waals surface area contributed by atoms with Crippen molar-refractivity contribution in [3.8, 4) is 11.3 Å². The van der Waals surface area contributed by atoms with E-state index in [0.717, 1.165) is 60.6 Å². The van der Waals surface area contributed by atoms with Crippen molar-refractivity contribution in [2.24, 2.45) is 5.92 Å². The summed E-state index contributed by atoms with van der Waals surface area (Å²) < 4.78 is 14.5. The summed E-state index contributed by atoms with van der Waals surface area (Å²) in [6.07, 6.45) is 6.76. The Morgan fingerprint density at radius 3 is 2.59 bits per heavy atom. The number of amides is 1. The first-order chi connectivity index (χ1) is 19.8. The topological polar surface area (TPSA) is 108 Å². The first-order valence-corrected chi connectivity index (χ1v) is 14.1. The molecule has 9 nitrogen and oxygen atoms in total. The second-order valence-corrected chi connectivity index (χ2v) is 10.9. The SMILES string of the molecule is CNC(=O)c1c(F)cnc2c(C(C)C(C)CNc3cc(-c4ccc(NC5CCN(C)CC5)nc4)ncn3)cccc12. The Balaban J connectivity index is 1.24. The van der Waals surface area contributed by atoms with Gasteiger partial charge in [-0.3, -0.25) is 9.78 Å². The van der Waals surface area contributed by atoms with Crippen molar-refractivity contribution in [1.82, 2.24) is 30.2 Å². The zero-order chi connectivity index (χ0) is 28.9. The number of carbonyl (C=O) groups excluding carboxylic acids is 1. The van der Waals surface area contributed by atoms with Crippen molar-refractivity contribution in [1.29, 1.82) is 0 Å². The molecular formula is C31H37FN8O. The van der Waals surface area contributed by atoms with Crippen LogP contribution in [0.2, 0.25) is 0 Å². The van der Waals surface area contributed by atoms with E-state index in [1.807, 2.05) is 36.5 Å². The number of nitrogens with one attached hydrogen (secondary N) is 3. The average molecular weight is 557 g/mol. The Hall–Kier alpha value is -4.18. The van der Waals surface area contributed by atoms with Crippen LogP contribution in [0.5, 0.6) is 0 Å². The van der Waals surface area contributed by atoms with Crippen molar-refractivity contribution in [2.75, 3.05) is 44.4 Å². The van der Waals surface area contributed by atoms with E-state index in [0.29, 0.717) is 23.5 Å². The van der Waals surface area contributed by atoms with Gasteiger partial charge in [0, 0.05) is 42.8 Å². The molecule has 2 unspecified atom stereocenters. The molecule has 0 bridgehead atoms. The fraction of sp³-hybridized carbons (Fsp3) is 0.387. The van der Waals surface area contributed by atoms with Gasteiger partial charge in [-0.25, -0.2) is 19.3 Å². The van der Waals surface area contributed by atoms with Gasteiger partial charge in [0.1, 0.15) is 18.0 Å². The van der Waals surface area contributed by atoms with E-state index in [2.05, 4.69) is 61.7 Å². The second-order valence-electron chi connectivity index (χ2n) is 10.9. The Morgan fingerprint density at radius 2 is 1.85 bits per heavy atom. The van der Waals surface area contributed by atoms with Gasteiger partial charge in [0.05, 0.1) is 23.0 Å². The molecule has 3 N–H and O–H groups in total. The predicted molar refractivity (Wildman–Crippen MR) is 161 cm³/mol. The number of pyridine rings is 2. The van der Waals surface area contributed by atoms with Crippen LogP contribution in [0.15, 0.2) is 55.1 Å². The number of benzene rings is 1. The molecule has 2 atom stereocenters. The smallest absolute Gasteiger partial charge is 0.254 e. The average Bonchev–Trinajstić information content (AvgIpc) is 3.00. The van der Waals surface area contributed by atoms with Crippen LogP contribution in [0, 0.1) is 11.7 Å². The van der Waals surface area contributed by atoms with Crippen LogP contribution in [0.1, 0.15) is 48.5 Å². The molecule has 0 radical (unpaired) electrons. The molecule has 1 fully saturated rings. The third-order valence-electron chi connectivity index (χ3n) is 8.08. The lowest BCUT2D eigenvalue weighted by atomic mass is 9.87. The van der Waals surface area contributed by atoms with Crippen LogP contribution in [0.25, 0.3) is 22.2 Å². The molecule has 1 saturated heterocycles. The highest BCUT2D eigenvalue weighted by Gasteiger charge is 2.22. The Morgan fingerprint density at radius 1 is 1.05 bits per heavy atom. The molecule has 41 heavy (non-hydrogen) atoms. The number of likely N-dealkylation sites (tertiary alicyclic amines) is 1. The summed E-state index contributed by atoms with van der Waals surface area (Å²) in [6.45, 7) is 7.10. The number of carbonyl (C=O) groups is 1. The highest BCUT2D eigenvalue weighted by molar-refractivity contribution is 6.06. The van der Waals surface area contributed by atoms with E-state index in [9.17, 15) is 9.18 Å². The maximum Gasteiger partial charge on any atom is 0.254 e. The molecule has 0 saturated carbocycles. The Bertz CT molecular complexity index is 1500. The van der Waals surface area contributed by atoms with Crippen molar-refractivity contribution < 1.29 is 9.18 Å². The molecule has 10 heteroatoms. The molecule has 0 spiro atoms. The van der Waals surface area contributed by atoms with Crippen molar-refractivity contribution >= 4 is 28.4 Å². The summed E-state index contributed by atoms with van der Waals surface area (Å²) >= 11 is 0. The summed E-state index contributed by atoms with van der Waals surface area (Å²) in [5, 5.41) is 10.0. The van der Waals surface area contributed by atoms with E-state index in [1.165, 1.54) is 7.05 Å². The van der Waals surface area contributed by atoms with Crippen molar-refractivity contribution in [2.45, 2.75) is 38.6 Å². The van der Waals surface area contributed by atoms with Crippen LogP contribution in [0.4, 0.5) is 16.0 Å². The number of hydrogen-bond donors (Lipinski definition) is 3. The highest BCUT2D eigenvalue weighted by Crippen LogP contribution is 2.32. The standard InChI is InChI=1S/C31H37FN8O/c1-19(20(2)23-6-5-7-24-29(31(41)33-3)25(32)17-36-30(23)24)15-34-28-14-26(37-18-38-28)21-8-9-27(35-16-21)39-22-10-12-40(4)13-11-22/h5-9,14,16-20,22H,10-13,15H2,1-4H3,(H,33,41)(H,35,39)(H,34,37,38). The highest BCUT2D eigenvalue weighted by atomic mass is 19.1. The van der Waals surface area contributed by atoms with Crippen LogP contribution < -0.4 is 16.0 Å². The number of rotatable bonds is 9. The zero-order valence-corrected chi connectivity index (χ0v) is 24.0. The van der Waals surface area contributed by atoms with Gasteiger partial charge < -0.3 is 20.9 Å². The summed E-state index contributed by atoms with van der Waals surface area (Å²) in [5.74, 6) is 0.772. The van der Waals surface area contributed by atoms with Crippen molar-refractivity contribution in [3.05, 3.63) is 72.1 Å². The molecule has 1 aliphatic heterocycles. The molecule has 1 aliphatic rings. The normalized spacial score (nSPS) is 15.8. The molecule has 1 amide bonds. The number of anilines is 2. The number of fused-ring (bicyclic) bond motifs is 1. The number of halogens is 1. The number of hydrogen-bond acceptors (Lipinski definition) is 8. The van der Waals surface area contributed by atoms with Gasteiger partial charge in [-0.1, -0.05) is 32.0 Å². The molecular weight excluding hydrogens is 519 g/mol. The third kappa shape index (κ3) is 6.43. The molecule has 4 heterocycles. The van der Waals surface area contributed by atoms with E-state index >= 15 is 0 Å². The summed E-state index contributed by atoms with van der Waals surface area (Å²) in [7, 11) is 3.65.